The molecule has 0 aliphatic carbocycles. The maximum absolute atomic E-state index is 11.7. The Kier molecular flexibility index (Phi) is 5.36. The Morgan fingerprint density at radius 2 is 2.32 bits per heavy atom. The van der Waals surface area contributed by atoms with Crippen LogP contribution in [0.25, 0.3) is 0 Å². The van der Waals surface area contributed by atoms with Crippen molar-refractivity contribution in [1.29, 1.82) is 0 Å². The maximum Gasteiger partial charge on any atom is 0.246 e. The molecule has 0 saturated carbocycles. The van der Waals surface area contributed by atoms with Gasteiger partial charge in [0.2, 0.25) is 5.91 Å². The Hall–Kier alpha value is -0.910. The zero-order valence-corrected chi connectivity index (χ0v) is 12.1. The fourth-order valence-electron chi connectivity index (χ4n) is 2.37. The zero-order valence-electron chi connectivity index (χ0n) is 11.3. The summed E-state index contributed by atoms with van der Waals surface area (Å²) in [5.74, 6) is -0.0377. The molecule has 106 valence electrons. The molecule has 1 aromatic heterocycles. The summed E-state index contributed by atoms with van der Waals surface area (Å²) in [6, 6.07) is 4.23. The Labute approximate surface area is 118 Å². The molecular formula is C14H21NO3S. The molecule has 1 saturated heterocycles. The second kappa shape index (κ2) is 7.03. The van der Waals surface area contributed by atoms with E-state index >= 15 is 0 Å². The minimum absolute atomic E-state index is 0.0360. The largest absolute Gasteiger partial charge is 0.381 e. The van der Waals surface area contributed by atoms with Gasteiger partial charge in [0.15, 0.2) is 0 Å². The predicted octanol–water partition coefficient (Wildman–Crippen LogP) is 1.95. The van der Waals surface area contributed by atoms with Crippen LogP contribution in [0.15, 0.2) is 17.5 Å². The normalized spacial score (nSPS) is 18.2. The van der Waals surface area contributed by atoms with Gasteiger partial charge in [0.1, 0.15) is 6.61 Å². The van der Waals surface area contributed by atoms with E-state index in [9.17, 15) is 4.79 Å². The first-order valence-electron chi connectivity index (χ1n) is 6.73. The van der Waals surface area contributed by atoms with E-state index in [0.29, 0.717) is 13.2 Å². The third-order valence-electron chi connectivity index (χ3n) is 3.56. The van der Waals surface area contributed by atoms with Crippen molar-refractivity contribution in [1.82, 2.24) is 5.32 Å². The highest BCUT2D eigenvalue weighted by Crippen LogP contribution is 2.36. The van der Waals surface area contributed by atoms with Crippen LogP contribution in [0, 0.1) is 0 Å². The fourth-order valence-corrected chi connectivity index (χ4v) is 3.35. The van der Waals surface area contributed by atoms with E-state index in [1.54, 1.807) is 11.3 Å². The van der Waals surface area contributed by atoms with Crippen LogP contribution < -0.4 is 5.32 Å². The van der Waals surface area contributed by atoms with Gasteiger partial charge >= 0.3 is 0 Å². The number of rotatable bonds is 6. The lowest BCUT2D eigenvalue weighted by atomic mass is 9.78. The summed E-state index contributed by atoms with van der Waals surface area (Å²) in [6.45, 7) is 4.80. The van der Waals surface area contributed by atoms with Crippen molar-refractivity contribution in [3.05, 3.63) is 22.4 Å². The van der Waals surface area contributed by atoms with Gasteiger partial charge in [-0.1, -0.05) is 6.07 Å². The first-order chi connectivity index (χ1) is 9.27. The second-order valence-corrected chi connectivity index (χ2v) is 5.73. The molecule has 0 unspecified atom stereocenters. The molecule has 1 N–H and O–H groups in total. The van der Waals surface area contributed by atoms with Crippen molar-refractivity contribution in [3.8, 4) is 0 Å². The van der Waals surface area contributed by atoms with Crippen molar-refractivity contribution in [2.24, 2.45) is 0 Å². The van der Waals surface area contributed by atoms with Crippen molar-refractivity contribution >= 4 is 17.2 Å². The Morgan fingerprint density at radius 1 is 1.53 bits per heavy atom. The van der Waals surface area contributed by atoms with E-state index in [1.807, 2.05) is 6.92 Å². The highest BCUT2D eigenvalue weighted by Gasteiger charge is 2.35. The summed E-state index contributed by atoms with van der Waals surface area (Å²) < 4.78 is 10.6. The number of amides is 1. The topological polar surface area (TPSA) is 47.6 Å². The lowest BCUT2D eigenvalue weighted by Gasteiger charge is -2.36. The zero-order chi connectivity index (χ0) is 13.6. The van der Waals surface area contributed by atoms with Crippen LogP contribution in [-0.4, -0.2) is 38.9 Å². The number of thiophene rings is 1. The molecule has 5 heteroatoms. The van der Waals surface area contributed by atoms with Gasteiger partial charge in [0.25, 0.3) is 0 Å². The number of carbonyl (C=O) groups excluding carboxylic acids is 1. The van der Waals surface area contributed by atoms with Crippen molar-refractivity contribution in [2.75, 3.05) is 33.0 Å². The van der Waals surface area contributed by atoms with E-state index in [0.717, 1.165) is 26.1 Å². The molecule has 1 fully saturated rings. The molecule has 0 radical (unpaired) electrons. The van der Waals surface area contributed by atoms with Crippen molar-refractivity contribution in [3.63, 3.8) is 0 Å². The molecule has 1 aliphatic heterocycles. The molecular weight excluding hydrogens is 262 g/mol. The van der Waals surface area contributed by atoms with E-state index in [1.165, 1.54) is 4.88 Å². The van der Waals surface area contributed by atoms with Crippen LogP contribution in [0.2, 0.25) is 0 Å². The first-order valence-corrected chi connectivity index (χ1v) is 7.61. The standard InChI is InChI=1S/C14H21NO3S/c1-2-17-10-13(16)15-11-14(5-7-18-8-6-14)12-4-3-9-19-12/h3-4,9H,2,5-8,10-11H2,1H3,(H,15,16). The Balaban J connectivity index is 1.97. The molecule has 2 heterocycles. The second-order valence-electron chi connectivity index (χ2n) is 4.78. The SMILES string of the molecule is CCOCC(=O)NCC1(c2cccs2)CCOCC1. The third kappa shape index (κ3) is 3.78. The summed E-state index contributed by atoms with van der Waals surface area (Å²) in [7, 11) is 0. The van der Waals surface area contributed by atoms with Crippen molar-refractivity contribution < 1.29 is 14.3 Å². The van der Waals surface area contributed by atoms with Crippen LogP contribution in [0.1, 0.15) is 24.6 Å². The van der Waals surface area contributed by atoms with Gasteiger partial charge in [-0.3, -0.25) is 4.79 Å². The number of carbonyl (C=O) groups is 1. The van der Waals surface area contributed by atoms with E-state index in [4.69, 9.17) is 9.47 Å². The van der Waals surface area contributed by atoms with Gasteiger partial charge in [0, 0.05) is 36.7 Å². The minimum atomic E-state index is -0.0377. The molecule has 1 aromatic rings. The van der Waals surface area contributed by atoms with Gasteiger partial charge in [-0.05, 0) is 31.2 Å². The van der Waals surface area contributed by atoms with E-state index in [2.05, 4.69) is 22.8 Å². The quantitative estimate of drug-likeness (QED) is 0.868. The molecule has 0 bridgehead atoms. The van der Waals surface area contributed by atoms with Gasteiger partial charge < -0.3 is 14.8 Å². The van der Waals surface area contributed by atoms with E-state index < -0.39 is 0 Å². The van der Waals surface area contributed by atoms with Gasteiger partial charge in [-0.15, -0.1) is 11.3 Å². The molecule has 0 atom stereocenters. The summed E-state index contributed by atoms with van der Waals surface area (Å²) in [6.07, 6.45) is 1.92. The first kappa shape index (κ1) is 14.5. The molecule has 0 aromatic carbocycles. The number of nitrogens with one attached hydrogen (secondary N) is 1. The van der Waals surface area contributed by atoms with Crippen LogP contribution in [0.4, 0.5) is 0 Å². The van der Waals surface area contributed by atoms with E-state index in [-0.39, 0.29) is 17.9 Å². The van der Waals surface area contributed by atoms with Crippen LogP contribution in [0.5, 0.6) is 0 Å². The summed E-state index contributed by atoms with van der Waals surface area (Å²) in [5.41, 5.74) is 0.0360. The molecule has 4 nitrogen and oxygen atoms in total. The lowest BCUT2D eigenvalue weighted by molar-refractivity contribution is -0.126. The summed E-state index contributed by atoms with van der Waals surface area (Å²) >= 11 is 1.76. The van der Waals surface area contributed by atoms with Gasteiger partial charge in [-0.25, -0.2) is 0 Å². The average Bonchev–Trinajstić information content (AvgIpc) is 2.98. The molecule has 0 spiro atoms. The Bertz CT molecular complexity index is 385. The highest BCUT2D eigenvalue weighted by atomic mass is 32.1. The molecule has 19 heavy (non-hydrogen) atoms. The Morgan fingerprint density at radius 3 is 2.95 bits per heavy atom. The highest BCUT2D eigenvalue weighted by molar-refractivity contribution is 7.10. The minimum Gasteiger partial charge on any atom is -0.381 e. The lowest BCUT2D eigenvalue weighted by Crippen LogP contribution is -2.45. The molecule has 1 amide bonds. The predicted molar refractivity (Wildman–Crippen MR) is 75.6 cm³/mol. The molecule has 1 aliphatic rings. The summed E-state index contributed by atoms with van der Waals surface area (Å²) in [4.78, 5) is 13.0. The number of ether oxygens (including phenoxy) is 2. The van der Waals surface area contributed by atoms with Gasteiger partial charge in [-0.2, -0.15) is 0 Å². The fraction of sp³-hybridized carbons (Fsp3) is 0.643. The van der Waals surface area contributed by atoms with Crippen molar-refractivity contribution in [2.45, 2.75) is 25.2 Å². The van der Waals surface area contributed by atoms with Crippen LogP contribution in [0.3, 0.4) is 0 Å². The maximum atomic E-state index is 11.7. The molecule has 2 rings (SSSR count). The third-order valence-corrected chi connectivity index (χ3v) is 4.67. The summed E-state index contributed by atoms with van der Waals surface area (Å²) in [5, 5.41) is 5.10. The monoisotopic (exact) mass is 283 g/mol. The smallest absolute Gasteiger partial charge is 0.246 e. The number of hydrogen-bond donors (Lipinski definition) is 1. The van der Waals surface area contributed by atoms with Gasteiger partial charge in [0.05, 0.1) is 0 Å². The average molecular weight is 283 g/mol. The van der Waals surface area contributed by atoms with Crippen LogP contribution >= 0.6 is 11.3 Å². The van der Waals surface area contributed by atoms with Crippen LogP contribution in [-0.2, 0) is 19.7 Å². The number of hydrogen-bond acceptors (Lipinski definition) is 4.